The van der Waals surface area contributed by atoms with Crippen LogP contribution >= 0.6 is 0 Å². The van der Waals surface area contributed by atoms with Gasteiger partial charge in [0.15, 0.2) is 0 Å². The summed E-state index contributed by atoms with van der Waals surface area (Å²) >= 11 is 0. The van der Waals surface area contributed by atoms with Crippen LogP contribution in [0.2, 0.25) is 0 Å². The summed E-state index contributed by atoms with van der Waals surface area (Å²) in [7, 11) is 2.01. The highest BCUT2D eigenvalue weighted by Gasteiger charge is 2.22. The van der Waals surface area contributed by atoms with Gasteiger partial charge in [0.05, 0.1) is 6.54 Å². The average molecular weight is 275 g/mol. The third kappa shape index (κ3) is 2.70. The Balaban J connectivity index is 2.38. The van der Waals surface area contributed by atoms with E-state index in [1.807, 2.05) is 25.2 Å². The summed E-state index contributed by atoms with van der Waals surface area (Å²) in [5, 5.41) is 10.1. The molecule has 0 radical (unpaired) electrons. The molecule has 0 aliphatic carbocycles. The Labute approximate surface area is 119 Å². The van der Waals surface area contributed by atoms with E-state index in [4.69, 9.17) is 4.42 Å². The lowest BCUT2D eigenvalue weighted by Crippen LogP contribution is -2.30. The molecule has 0 bridgehead atoms. The molecule has 1 heterocycles. The molecule has 4 heteroatoms. The molecule has 1 N–H and O–H groups in total. The summed E-state index contributed by atoms with van der Waals surface area (Å²) in [6.07, 6.45) is 2.07. The first kappa shape index (κ1) is 14.6. The average Bonchev–Trinajstić information content (AvgIpc) is 2.77. The maximum absolute atomic E-state index is 11.5. The van der Waals surface area contributed by atoms with Crippen molar-refractivity contribution >= 4 is 16.9 Å². The highest BCUT2D eigenvalue weighted by molar-refractivity contribution is 6.03. The third-order valence-corrected chi connectivity index (χ3v) is 3.84. The summed E-state index contributed by atoms with van der Waals surface area (Å²) < 4.78 is 5.75. The van der Waals surface area contributed by atoms with E-state index in [9.17, 15) is 9.90 Å². The molecule has 0 aliphatic rings. The van der Waals surface area contributed by atoms with E-state index < -0.39 is 5.97 Å². The van der Waals surface area contributed by atoms with Crippen molar-refractivity contribution in [2.24, 2.45) is 0 Å². The van der Waals surface area contributed by atoms with Crippen molar-refractivity contribution in [1.82, 2.24) is 4.90 Å². The fourth-order valence-electron chi connectivity index (χ4n) is 2.71. The molecule has 0 saturated carbocycles. The zero-order valence-electron chi connectivity index (χ0n) is 12.2. The number of aromatic carboxylic acids is 1. The van der Waals surface area contributed by atoms with Gasteiger partial charge in [-0.25, -0.2) is 4.79 Å². The second-order valence-electron chi connectivity index (χ2n) is 5.09. The molecule has 20 heavy (non-hydrogen) atoms. The van der Waals surface area contributed by atoms with Crippen molar-refractivity contribution in [2.45, 2.75) is 39.3 Å². The number of carboxylic acid groups (broad SMARTS) is 1. The molecule has 2 aromatic rings. The predicted molar refractivity (Wildman–Crippen MR) is 79.0 cm³/mol. The normalized spacial score (nSPS) is 11.7. The van der Waals surface area contributed by atoms with E-state index in [0.717, 1.165) is 12.8 Å². The molecule has 1 aromatic carbocycles. The Morgan fingerprint density at radius 3 is 2.55 bits per heavy atom. The Morgan fingerprint density at radius 1 is 1.30 bits per heavy atom. The molecule has 0 fully saturated rings. The fourth-order valence-corrected chi connectivity index (χ4v) is 2.71. The molecular formula is C16H21NO3. The van der Waals surface area contributed by atoms with Gasteiger partial charge in [-0.2, -0.15) is 0 Å². The van der Waals surface area contributed by atoms with Crippen molar-refractivity contribution in [3.63, 3.8) is 0 Å². The lowest BCUT2D eigenvalue weighted by atomic mass is 10.1. The van der Waals surface area contributed by atoms with Gasteiger partial charge >= 0.3 is 5.97 Å². The fraction of sp³-hybridized carbons (Fsp3) is 0.438. The summed E-state index contributed by atoms with van der Waals surface area (Å²) in [6.45, 7) is 4.80. The number of rotatable bonds is 6. The van der Waals surface area contributed by atoms with Gasteiger partial charge in [0.25, 0.3) is 0 Å². The van der Waals surface area contributed by atoms with Crippen LogP contribution in [0.3, 0.4) is 0 Å². The monoisotopic (exact) mass is 275 g/mol. The number of carbonyl (C=O) groups is 1. The Morgan fingerprint density at radius 2 is 1.95 bits per heavy atom. The molecule has 1 aromatic heterocycles. The summed E-state index contributed by atoms with van der Waals surface area (Å²) in [4.78, 5) is 13.7. The van der Waals surface area contributed by atoms with Gasteiger partial charge in [-0.15, -0.1) is 0 Å². The van der Waals surface area contributed by atoms with Gasteiger partial charge in [-0.3, -0.25) is 4.90 Å². The first-order valence-electron chi connectivity index (χ1n) is 7.02. The van der Waals surface area contributed by atoms with Gasteiger partial charge in [0.2, 0.25) is 0 Å². The van der Waals surface area contributed by atoms with E-state index >= 15 is 0 Å². The number of benzene rings is 1. The number of furan rings is 1. The lowest BCUT2D eigenvalue weighted by Gasteiger charge is -2.25. The molecule has 0 aliphatic heterocycles. The van der Waals surface area contributed by atoms with Gasteiger partial charge in [0, 0.05) is 11.4 Å². The Hall–Kier alpha value is -1.81. The summed E-state index contributed by atoms with van der Waals surface area (Å²) in [5.74, 6) is -0.393. The number of hydrogen-bond acceptors (Lipinski definition) is 3. The summed E-state index contributed by atoms with van der Waals surface area (Å²) in [5.41, 5.74) is 0.927. The van der Waals surface area contributed by atoms with Gasteiger partial charge in [-0.1, -0.05) is 32.0 Å². The van der Waals surface area contributed by atoms with Crippen LogP contribution in [0.5, 0.6) is 0 Å². The van der Waals surface area contributed by atoms with Gasteiger partial charge < -0.3 is 9.52 Å². The smallest absolute Gasteiger partial charge is 0.339 e. The quantitative estimate of drug-likeness (QED) is 0.872. The van der Waals surface area contributed by atoms with E-state index in [0.29, 0.717) is 34.9 Å². The van der Waals surface area contributed by atoms with Gasteiger partial charge in [-0.05, 0) is 26.0 Å². The van der Waals surface area contributed by atoms with Crippen LogP contribution in [0, 0.1) is 0 Å². The van der Waals surface area contributed by atoms with Crippen molar-refractivity contribution in [3.05, 3.63) is 35.6 Å². The molecule has 0 amide bonds. The maximum atomic E-state index is 11.5. The number of carboxylic acids is 1. The molecule has 0 spiro atoms. The summed E-state index contributed by atoms with van der Waals surface area (Å²) in [6, 6.07) is 7.72. The predicted octanol–water partition coefficient (Wildman–Crippen LogP) is 3.75. The van der Waals surface area contributed by atoms with E-state index in [2.05, 4.69) is 18.7 Å². The number of fused-ring (bicyclic) bond motifs is 1. The Kier molecular flexibility index (Phi) is 4.45. The number of nitrogens with zero attached hydrogens (tertiary/aromatic N) is 1. The molecule has 2 rings (SSSR count). The standard InChI is InChI=1S/C16H21NO3/c1-4-11(5-2)17(3)10-14-15(16(18)19)12-8-6-7-9-13(12)20-14/h6-9,11H,4-5,10H2,1-3H3,(H,18,19). The van der Waals surface area contributed by atoms with Crippen LogP contribution in [0.4, 0.5) is 0 Å². The number of para-hydroxylation sites is 1. The van der Waals surface area contributed by atoms with Crippen LogP contribution in [0.15, 0.2) is 28.7 Å². The topological polar surface area (TPSA) is 53.7 Å². The van der Waals surface area contributed by atoms with Crippen molar-refractivity contribution in [2.75, 3.05) is 7.05 Å². The second kappa shape index (κ2) is 6.09. The molecular weight excluding hydrogens is 254 g/mol. The van der Waals surface area contributed by atoms with Crippen LogP contribution in [-0.2, 0) is 6.54 Å². The largest absolute Gasteiger partial charge is 0.478 e. The number of hydrogen-bond donors (Lipinski definition) is 1. The molecule has 108 valence electrons. The SMILES string of the molecule is CCC(CC)N(C)Cc1oc2ccccc2c1C(=O)O. The van der Waals surface area contributed by atoms with Crippen molar-refractivity contribution in [1.29, 1.82) is 0 Å². The maximum Gasteiger partial charge on any atom is 0.339 e. The first-order chi connectivity index (χ1) is 9.58. The Bertz CT molecular complexity index is 599. The first-order valence-corrected chi connectivity index (χ1v) is 7.02. The minimum Gasteiger partial charge on any atom is -0.478 e. The highest BCUT2D eigenvalue weighted by Crippen LogP contribution is 2.27. The van der Waals surface area contributed by atoms with E-state index in [1.54, 1.807) is 6.07 Å². The zero-order valence-corrected chi connectivity index (χ0v) is 12.2. The van der Waals surface area contributed by atoms with Crippen LogP contribution in [0.1, 0.15) is 42.8 Å². The second-order valence-corrected chi connectivity index (χ2v) is 5.09. The molecule has 0 saturated heterocycles. The zero-order chi connectivity index (χ0) is 14.7. The molecule has 0 unspecified atom stereocenters. The lowest BCUT2D eigenvalue weighted by molar-refractivity contribution is 0.0694. The van der Waals surface area contributed by atoms with Crippen LogP contribution in [0.25, 0.3) is 11.0 Å². The minimum absolute atomic E-state index is 0.290. The van der Waals surface area contributed by atoms with Crippen LogP contribution in [-0.4, -0.2) is 29.1 Å². The highest BCUT2D eigenvalue weighted by atomic mass is 16.4. The van der Waals surface area contributed by atoms with E-state index in [-0.39, 0.29) is 0 Å². The van der Waals surface area contributed by atoms with E-state index in [1.165, 1.54) is 0 Å². The minimum atomic E-state index is -0.928. The van der Waals surface area contributed by atoms with Crippen molar-refractivity contribution in [3.8, 4) is 0 Å². The van der Waals surface area contributed by atoms with Crippen molar-refractivity contribution < 1.29 is 14.3 Å². The molecule has 0 atom stereocenters. The molecule has 4 nitrogen and oxygen atoms in total. The third-order valence-electron chi connectivity index (χ3n) is 3.84. The van der Waals surface area contributed by atoms with Gasteiger partial charge in [0.1, 0.15) is 16.9 Å². The van der Waals surface area contributed by atoms with Crippen LogP contribution < -0.4 is 0 Å².